The highest BCUT2D eigenvalue weighted by Crippen LogP contribution is 2.49. The highest BCUT2D eigenvalue weighted by atomic mass is 31.2. The summed E-state index contributed by atoms with van der Waals surface area (Å²) in [7, 11) is -16.5. The minimum absolute atomic E-state index is 2.56. The van der Waals surface area contributed by atoms with Crippen molar-refractivity contribution >= 4 is 23.5 Å². The maximum atomic E-state index is 10.9. The SMILES string of the molecule is [3H][C@@]1(O)[C@H](O)[C@@H](OP(=O)(O)O)[C@H](OP(=O)(O)O)[C@@H](O)[C@@H]1OP(=O)(O)O. The van der Waals surface area contributed by atoms with E-state index in [0.29, 0.717) is 0 Å². The largest absolute Gasteiger partial charge is 0.470 e. The molecule has 1 aliphatic carbocycles. The molecule has 0 saturated heterocycles. The molecule has 1 aliphatic rings. The van der Waals surface area contributed by atoms with E-state index < -0.39 is 60.1 Å². The van der Waals surface area contributed by atoms with E-state index >= 15 is 0 Å². The monoisotopic (exact) mass is 422 g/mol. The maximum Gasteiger partial charge on any atom is 0.470 e. The predicted octanol–water partition coefficient (Wildman–Crippen LogP) is -3.48. The van der Waals surface area contributed by atoms with Gasteiger partial charge in [-0.1, -0.05) is 0 Å². The number of hydrogen-bond donors (Lipinski definition) is 9. The van der Waals surface area contributed by atoms with Crippen LogP contribution in [-0.4, -0.2) is 81.3 Å². The van der Waals surface area contributed by atoms with Crippen LogP contribution < -0.4 is 0 Å². The summed E-state index contributed by atoms with van der Waals surface area (Å²) in [6, 6.07) is 0. The zero-order chi connectivity index (χ0) is 20.0. The summed E-state index contributed by atoms with van der Waals surface area (Å²) >= 11 is 0. The molecule has 6 atom stereocenters. The van der Waals surface area contributed by atoms with Crippen LogP contribution in [0.3, 0.4) is 0 Å². The molecular weight excluding hydrogens is 405 g/mol. The number of aliphatic hydroxyl groups excluding tert-OH is 2. The lowest BCUT2D eigenvalue weighted by Crippen LogP contribution is -2.65. The van der Waals surface area contributed by atoms with Crippen LogP contribution in [-0.2, 0) is 27.3 Å². The quantitative estimate of drug-likeness (QED) is 0.188. The Balaban J connectivity index is 3.37. The molecule has 0 amide bonds. The molecule has 0 aromatic heterocycles. The number of aliphatic hydroxyl groups is 3. The lowest BCUT2D eigenvalue weighted by Gasteiger charge is -2.44. The predicted molar refractivity (Wildman–Crippen MR) is 68.8 cm³/mol. The number of hydrogen-bond acceptors (Lipinski definition) is 9. The van der Waals surface area contributed by atoms with Crippen molar-refractivity contribution in [2.24, 2.45) is 0 Å². The fourth-order valence-corrected chi connectivity index (χ4v) is 3.52. The van der Waals surface area contributed by atoms with Gasteiger partial charge in [-0.25, -0.2) is 13.7 Å². The van der Waals surface area contributed by atoms with Crippen molar-refractivity contribution in [1.29, 1.82) is 0 Å². The fourth-order valence-electron chi connectivity index (χ4n) is 1.88. The van der Waals surface area contributed by atoms with Gasteiger partial charge in [0.15, 0.2) is 0 Å². The van der Waals surface area contributed by atoms with Gasteiger partial charge in [0, 0.05) is 0 Å². The van der Waals surface area contributed by atoms with Crippen molar-refractivity contribution in [3.63, 3.8) is 0 Å². The Labute approximate surface area is 134 Å². The minimum atomic E-state index is -5.52. The second-order valence-electron chi connectivity index (χ2n) is 4.50. The Kier molecular flexibility index (Phi) is 6.37. The Morgan fingerprint density at radius 3 is 1.25 bits per heavy atom. The summed E-state index contributed by atoms with van der Waals surface area (Å²) < 4.78 is 52.1. The van der Waals surface area contributed by atoms with E-state index in [1.165, 1.54) is 0 Å². The fraction of sp³-hybridized carbons (Fsp3) is 1.00. The van der Waals surface area contributed by atoms with Crippen LogP contribution in [0.15, 0.2) is 0 Å². The average Bonchev–Trinajstić information content (AvgIpc) is 2.33. The molecule has 0 aliphatic heterocycles. The van der Waals surface area contributed by atoms with Gasteiger partial charge >= 0.3 is 23.5 Å². The van der Waals surface area contributed by atoms with Crippen LogP contribution in [0.2, 0.25) is 0 Å². The van der Waals surface area contributed by atoms with E-state index in [1.807, 2.05) is 0 Å². The van der Waals surface area contributed by atoms with Crippen LogP contribution in [0.1, 0.15) is 1.37 Å². The van der Waals surface area contributed by atoms with Gasteiger partial charge in [0.25, 0.3) is 0 Å². The normalized spacial score (nSPS) is 39.5. The van der Waals surface area contributed by atoms with Crippen LogP contribution in [0.4, 0.5) is 0 Å². The summed E-state index contributed by atoms with van der Waals surface area (Å²) in [5.41, 5.74) is 0. The van der Waals surface area contributed by atoms with Crippen molar-refractivity contribution in [3.05, 3.63) is 0 Å². The molecule has 0 aromatic carbocycles. The van der Waals surface area contributed by atoms with Gasteiger partial charge in [-0.2, -0.15) is 0 Å². The number of phosphoric ester groups is 3. The zero-order valence-electron chi connectivity index (χ0n) is 12.2. The molecule has 15 nitrogen and oxygen atoms in total. The molecular formula is C6H15O15P3. The van der Waals surface area contributed by atoms with Gasteiger partial charge in [0.2, 0.25) is 0 Å². The van der Waals surface area contributed by atoms with Crippen molar-refractivity contribution in [2.75, 3.05) is 0 Å². The van der Waals surface area contributed by atoms with Gasteiger partial charge in [-0.05, 0) is 0 Å². The van der Waals surface area contributed by atoms with Gasteiger partial charge in [0.05, 0.1) is 1.37 Å². The molecule has 1 saturated carbocycles. The second kappa shape index (κ2) is 7.45. The van der Waals surface area contributed by atoms with Gasteiger partial charge < -0.3 is 44.7 Å². The highest BCUT2D eigenvalue weighted by Gasteiger charge is 2.56. The third kappa shape index (κ3) is 6.50. The van der Waals surface area contributed by atoms with Crippen LogP contribution >= 0.6 is 23.5 Å². The van der Waals surface area contributed by atoms with Crippen molar-refractivity contribution in [2.45, 2.75) is 36.6 Å². The molecule has 18 heteroatoms. The molecule has 0 unspecified atom stereocenters. The molecule has 0 bridgehead atoms. The summed E-state index contributed by atoms with van der Waals surface area (Å²) in [5, 5.41) is 29.6. The van der Waals surface area contributed by atoms with Crippen molar-refractivity contribution < 1.29 is 73.3 Å². The lowest BCUT2D eigenvalue weighted by molar-refractivity contribution is -0.212. The first kappa shape index (κ1) is 20.5. The molecule has 0 heterocycles. The Morgan fingerprint density at radius 1 is 0.625 bits per heavy atom. The first-order valence-electron chi connectivity index (χ1n) is 6.15. The molecule has 24 heavy (non-hydrogen) atoms. The summed E-state index contributed by atoms with van der Waals surface area (Å²) in [4.78, 5) is 52.5. The summed E-state index contributed by atoms with van der Waals surface area (Å²) in [6.45, 7) is 0. The van der Waals surface area contributed by atoms with E-state index in [0.717, 1.165) is 0 Å². The van der Waals surface area contributed by atoms with Crippen LogP contribution in [0, 0.1) is 0 Å². The van der Waals surface area contributed by atoms with Gasteiger partial charge in [-0.3, -0.25) is 13.6 Å². The van der Waals surface area contributed by atoms with Crippen molar-refractivity contribution in [1.82, 2.24) is 0 Å². The van der Waals surface area contributed by atoms with Gasteiger partial charge in [-0.15, -0.1) is 0 Å². The molecule has 1 rings (SSSR count). The standard InChI is InChI=1S/C6H15O15P3/c7-1-2(8)5(20-23(13,14)15)6(21-24(16,17)18)3(9)4(1)19-22(10,11)12/h1-9H,(H2,10,11,12)(H2,13,14,15)(H2,16,17,18)/t1-,2+,3+,4-,5-,6-/m1/s1/i1T. The zero-order valence-corrected chi connectivity index (χ0v) is 13.9. The average molecular weight is 422 g/mol. The van der Waals surface area contributed by atoms with Crippen LogP contribution in [0.25, 0.3) is 0 Å². The molecule has 0 aromatic rings. The van der Waals surface area contributed by atoms with Crippen LogP contribution in [0.5, 0.6) is 0 Å². The second-order valence-corrected chi connectivity index (χ2v) is 8.07. The number of rotatable bonds is 6. The Bertz CT molecular complexity index is 619. The molecule has 0 spiro atoms. The summed E-state index contributed by atoms with van der Waals surface area (Å²) in [6.07, 6.45) is -16.9. The third-order valence-electron chi connectivity index (χ3n) is 2.65. The van der Waals surface area contributed by atoms with E-state index in [1.54, 1.807) is 0 Å². The topological polar surface area (TPSA) is 261 Å². The third-order valence-corrected chi connectivity index (χ3v) is 4.18. The van der Waals surface area contributed by atoms with E-state index in [4.69, 9.17) is 30.7 Å². The number of phosphoric acid groups is 3. The highest BCUT2D eigenvalue weighted by molar-refractivity contribution is 7.46. The maximum absolute atomic E-state index is 10.9. The Hall–Kier alpha value is 0.210. The lowest BCUT2D eigenvalue weighted by atomic mass is 9.85. The Morgan fingerprint density at radius 2 is 0.917 bits per heavy atom. The first-order valence-corrected chi connectivity index (χ1v) is 10.2. The molecule has 9 N–H and O–H groups in total. The summed E-state index contributed by atoms with van der Waals surface area (Å²) in [5.74, 6) is 0. The molecule has 1 fully saturated rings. The van der Waals surface area contributed by atoms with E-state index in [2.05, 4.69) is 13.6 Å². The minimum Gasteiger partial charge on any atom is -0.387 e. The van der Waals surface area contributed by atoms with E-state index in [-0.39, 0.29) is 0 Å². The smallest absolute Gasteiger partial charge is 0.387 e. The van der Waals surface area contributed by atoms with Crippen molar-refractivity contribution in [3.8, 4) is 0 Å². The van der Waals surface area contributed by atoms with Gasteiger partial charge in [0.1, 0.15) is 36.6 Å². The molecule has 0 radical (unpaired) electrons. The molecule has 144 valence electrons. The first-order chi connectivity index (χ1) is 10.9. The van der Waals surface area contributed by atoms with E-state index in [9.17, 15) is 29.0 Å².